The SMILES string of the molecule is COCCCOc1cc(C(=O)N(C[C@@H]2CNC[C@@H]2CN(C(=O)N(c2ccccc2)C2CC2)C2CC2)C(C)C)ccc1OC. The van der Waals surface area contributed by atoms with Crippen molar-refractivity contribution in [2.75, 3.05) is 58.5 Å². The van der Waals surface area contributed by atoms with Crippen LogP contribution in [0.2, 0.25) is 0 Å². The summed E-state index contributed by atoms with van der Waals surface area (Å²) in [6, 6.07) is 16.3. The molecular weight excluding hydrogens is 544 g/mol. The van der Waals surface area contributed by atoms with Crippen molar-refractivity contribution in [3.05, 3.63) is 54.1 Å². The van der Waals surface area contributed by atoms with Crippen molar-refractivity contribution in [3.63, 3.8) is 0 Å². The third kappa shape index (κ3) is 7.81. The largest absolute Gasteiger partial charge is 0.493 e. The number of anilines is 1. The highest BCUT2D eigenvalue weighted by molar-refractivity contribution is 5.95. The predicted octanol–water partition coefficient (Wildman–Crippen LogP) is 5.05. The van der Waals surface area contributed by atoms with E-state index in [1.165, 1.54) is 0 Å². The van der Waals surface area contributed by atoms with Gasteiger partial charge in [-0.1, -0.05) is 18.2 Å². The number of methoxy groups -OCH3 is 2. The molecule has 0 spiro atoms. The summed E-state index contributed by atoms with van der Waals surface area (Å²) in [5.74, 6) is 1.65. The van der Waals surface area contributed by atoms with Gasteiger partial charge in [-0.25, -0.2) is 4.79 Å². The second-order valence-electron chi connectivity index (χ2n) is 12.4. The molecular formula is C34H48N4O5. The molecule has 2 aliphatic carbocycles. The number of para-hydroxylation sites is 1. The molecule has 1 saturated heterocycles. The second-order valence-corrected chi connectivity index (χ2v) is 12.4. The van der Waals surface area contributed by atoms with Crippen molar-refractivity contribution in [1.82, 2.24) is 15.1 Å². The molecule has 0 bridgehead atoms. The first-order valence-corrected chi connectivity index (χ1v) is 15.9. The maximum Gasteiger partial charge on any atom is 0.324 e. The van der Waals surface area contributed by atoms with Crippen LogP contribution in [-0.2, 0) is 4.74 Å². The molecule has 3 amide bonds. The van der Waals surface area contributed by atoms with Gasteiger partial charge in [0.15, 0.2) is 11.5 Å². The Balaban J connectivity index is 1.28. The number of hydrogen-bond acceptors (Lipinski definition) is 6. The minimum atomic E-state index is -0.0239. The molecule has 2 aromatic rings. The van der Waals surface area contributed by atoms with E-state index in [0.717, 1.165) is 50.9 Å². The Morgan fingerprint density at radius 3 is 2.21 bits per heavy atom. The van der Waals surface area contributed by atoms with Crippen LogP contribution in [0.4, 0.5) is 10.5 Å². The molecule has 3 aliphatic rings. The van der Waals surface area contributed by atoms with Crippen molar-refractivity contribution in [3.8, 4) is 11.5 Å². The molecule has 3 fully saturated rings. The van der Waals surface area contributed by atoms with Gasteiger partial charge in [0.1, 0.15) is 0 Å². The minimum absolute atomic E-state index is 0.0199. The van der Waals surface area contributed by atoms with Gasteiger partial charge in [0.2, 0.25) is 0 Å². The Morgan fingerprint density at radius 2 is 1.58 bits per heavy atom. The van der Waals surface area contributed by atoms with Gasteiger partial charge >= 0.3 is 6.03 Å². The lowest BCUT2D eigenvalue weighted by Gasteiger charge is -2.36. The molecule has 234 valence electrons. The fraction of sp³-hybridized carbons (Fsp3) is 0.588. The molecule has 2 atom stereocenters. The van der Waals surface area contributed by atoms with E-state index in [0.29, 0.717) is 55.4 Å². The second kappa shape index (κ2) is 14.4. The summed E-state index contributed by atoms with van der Waals surface area (Å²) in [5, 5.41) is 3.57. The number of ether oxygens (including phenoxy) is 3. The monoisotopic (exact) mass is 592 g/mol. The summed E-state index contributed by atoms with van der Waals surface area (Å²) in [6.07, 6.45) is 4.99. The van der Waals surface area contributed by atoms with Crippen LogP contribution in [-0.4, -0.2) is 93.5 Å². The third-order valence-corrected chi connectivity index (χ3v) is 8.77. The van der Waals surface area contributed by atoms with Crippen LogP contribution in [0.1, 0.15) is 56.3 Å². The molecule has 9 heteroatoms. The van der Waals surface area contributed by atoms with Gasteiger partial charge in [0.05, 0.1) is 13.7 Å². The molecule has 2 aromatic carbocycles. The van der Waals surface area contributed by atoms with E-state index in [1.54, 1.807) is 26.4 Å². The van der Waals surface area contributed by atoms with Crippen molar-refractivity contribution in [2.45, 2.75) is 64.1 Å². The van der Waals surface area contributed by atoms with Crippen LogP contribution < -0.4 is 19.7 Å². The number of rotatable bonds is 15. The maximum absolute atomic E-state index is 14.1. The van der Waals surface area contributed by atoms with Crippen LogP contribution in [0.25, 0.3) is 0 Å². The molecule has 9 nitrogen and oxygen atoms in total. The molecule has 5 rings (SSSR count). The van der Waals surface area contributed by atoms with Crippen LogP contribution in [0.15, 0.2) is 48.5 Å². The van der Waals surface area contributed by atoms with E-state index < -0.39 is 0 Å². The number of nitrogens with zero attached hydrogens (tertiary/aromatic N) is 3. The Morgan fingerprint density at radius 1 is 0.884 bits per heavy atom. The van der Waals surface area contributed by atoms with Crippen molar-refractivity contribution in [1.29, 1.82) is 0 Å². The van der Waals surface area contributed by atoms with E-state index in [2.05, 4.69) is 24.1 Å². The van der Waals surface area contributed by atoms with Gasteiger partial charge in [-0.3, -0.25) is 9.69 Å². The van der Waals surface area contributed by atoms with Gasteiger partial charge in [-0.15, -0.1) is 0 Å². The van der Waals surface area contributed by atoms with E-state index in [-0.39, 0.29) is 29.8 Å². The molecule has 0 radical (unpaired) electrons. The number of urea groups is 1. The smallest absolute Gasteiger partial charge is 0.324 e. The van der Waals surface area contributed by atoms with Gasteiger partial charge in [0.25, 0.3) is 5.91 Å². The fourth-order valence-corrected chi connectivity index (χ4v) is 6.03. The van der Waals surface area contributed by atoms with Crippen LogP contribution in [0.3, 0.4) is 0 Å². The first kappa shape index (κ1) is 31.1. The summed E-state index contributed by atoms with van der Waals surface area (Å²) in [6.45, 7) is 8.22. The van der Waals surface area contributed by atoms with Gasteiger partial charge in [-0.05, 0) is 81.7 Å². The lowest BCUT2D eigenvalue weighted by molar-refractivity contribution is 0.0653. The van der Waals surface area contributed by atoms with Gasteiger partial charge in [-0.2, -0.15) is 0 Å². The highest BCUT2D eigenvalue weighted by Gasteiger charge is 2.43. The average molecular weight is 593 g/mol. The number of carbonyl (C=O) groups is 2. The van der Waals surface area contributed by atoms with E-state index in [1.807, 2.05) is 46.2 Å². The normalized spacial score (nSPS) is 19.7. The van der Waals surface area contributed by atoms with Crippen molar-refractivity contribution < 1.29 is 23.8 Å². The number of hydrogen-bond donors (Lipinski definition) is 1. The van der Waals surface area contributed by atoms with E-state index in [9.17, 15) is 9.59 Å². The van der Waals surface area contributed by atoms with Gasteiger partial charge in [0, 0.05) is 75.7 Å². The standard InChI is InChI=1S/C34H48N4O5/c1-24(2)36(33(39)25-11-16-31(42-4)32(19-25)43-18-8-17-41-3)22-26-20-35-21-27(26)23-37(28-12-13-28)34(40)38(30-14-15-30)29-9-6-5-7-10-29/h5-7,9-11,16,19,24,26-28,30,35H,8,12-15,17-18,20-23H2,1-4H3/t26-,27+/m0/s1. The lowest BCUT2D eigenvalue weighted by atomic mass is 9.94. The summed E-state index contributed by atoms with van der Waals surface area (Å²) >= 11 is 0. The molecule has 1 heterocycles. The summed E-state index contributed by atoms with van der Waals surface area (Å²) in [4.78, 5) is 34.1. The van der Waals surface area contributed by atoms with Gasteiger partial charge < -0.3 is 29.3 Å². The lowest BCUT2D eigenvalue weighted by Crippen LogP contribution is -2.49. The highest BCUT2D eigenvalue weighted by atomic mass is 16.5. The van der Waals surface area contributed by atoms with Crippen LogP contribution >= 0.6 is 0 Å². The Kier molecular flexibility index (Phi) is 10.5. The minimum Gasteiger partial charge on any atom is -0.493 e. The number of benzene rings is 2. The van der Waals surface area contributed by atoms with E-state index in [4.69, 9.17) is 14.2 Å². The highest BCUT2D eigenvalue weighted by Crippen LogP contribution is 2.37. The fourth-order valence-electron chi connectivity index (χ4n) is 6.03. The first-order valence-electron chi connectivity index (χ1n) is 15.9. The molecule has 2 saturated carbocycles. The molecule has 1 aliphatic heterocycles. The Bertz CT molecular complexity index is 1220. The Labute approximate surface area is 256 Å². The summed E-state index contributed by atoms with van der Waals surface area (Å²) < 4.78 is 16.6. The molecule has 1 N–H and O–H groups in total. The quantitative estimate of drug-likeness (QED) is 0.292. The third-order valence-electron chi connectivity index (χ3n) is 8.77. The van der Waals surface area contributed by atoms with Crippen molar-refractivity contribution >= 4 is 17.6 Å². The summed E-state index contributed by atoms with van der Waals surface area (Å²) in [5.41, 5.74) is 1.57. The average Bonchev–Trinajstić information content (AvgIpc) is 3.96. The first-order chi connectivity index (χ1) is 20.9. The number of nitrogens with one attached hydrogen (secondary N) is 1. The van der Waals surface area contributed by atoms with Crippen LogP contribution in [0, 0.1) is 11.8 Å². The van der Waals surface area contributed by atoms with E-state index >= 15 is 0 Å². The zero-order valence-electron chi connectivity index (χ0n) is 26.2. The zero-order chi connectivity index (χ0) is 30.3. The topological polar surface area (TPSA) is 83.6 Å². The van der Waals surface area contributed by atoms with Crippen LogP contribution in [0.5, 0.6) is 11.5 Å². The molecule has 0 unspecified atom stereocenters. The van der Waals surface area contributed by atoms with Crippen molar-refractivity contribution in [2.24, 2.45) is 11.8 Å². The predicted molar refractivity (Wildman–Crippen MR) is 168 cm³/mol. The summed E-state index contributed by atoms with van der Waals surface area (Å²) in [7, 11) is 3.27. The molecule has 0 aromatic heterocycles. The number of amides is 3. The maximum atomic E-state index is 14.1. The Hall–Kier alpha value is -3.30. The zero-order valence-corrected chi connectivity index (χ0v) is 26.2. The number of carbonyl (C=O) groups excluding carboxylic acids is 2. The molecule has 43 heavy (non-hydrogen) atoms.